The molecule has 1 N–H and O–H groups in total. The number of halogens is 1. The fourth-order valence-electron chi connectivity index (χ4n) is 1.75. The molecule has 0 amide bonds. The highest BCUT2D eigenvalue weighted by molar-refractivity contribution is 6.33. The summed E-state index contributed by atoms with van der Waals surface area (Å²) >= 11 is 5.99. The van der Waals surface area contributed by atoms with Gasteiger partial charge < -0.3 is 5.11 Å². The van der Waals surface area contributed by atoms with Crippen LogP contribution in [-0.2, 0) is 0 Å². The Morgan fingerprint density at radius 2 is 2.18 bits per heavy atom. The minimum atomic E-state index is -0.977. The molecule has 84 valence electrons. The number of fused-ring (bicyclic) bond motifs is 3. The molecule has 0 fully saturated rings. The van der Waals surface area contributed by atoms with Crippen molar-refractivity contribution in [1.29, 1.82) is 0 Å². The number of aromatic nitrogens is 3. The van der Waals surface area contributed by atoms with E-state index in [1.54, 1.807) is 29.1 Å². The molecule has 0 unspecified atom stereocenters. The molecule has 2 heterocycles. The molecular formula is C11H6ClN3O2. The van der Waals surface area contributed by atoms with Crippen molar-refractivity contribution in [2.24, 2.45) is 0 Å². The number of imidazole rings is 1. The Morgan fingerprint density at radius 1 is 1.35 bits per heavy atom. The average molecular weight is 248 g/mol. The molecule has 0 aliphatic heterocycles. The molecule has 6 heteroatoms. The van der Waals surface area contributed by atoms with Crippen molar-refractivity contribution in [3.63, 3.8) is 0 Å². The molecule has 3 aromatic rings. The van der Waals surface area contributed by atoms with Crippen LogP contribution < -0.4 is 0 Å². The monoisotopic (exact) mass is 247 g/mol. The highest BCUT2D eigenvalue weighted by atomic mass is 35.5. The van der Waals surface area contributed by atoms with E-state index in [0.717, 1.165) is 0 Å². The molecule has 0 radical (unpaired) electrons. The van der Waals surface area contributed by atoms with Crippen molar-refractivity contribution < 1.29 is 9.90 Å². The maximum absolute atomic E-state index is 10.9. The SMILES string of the molecule is O=C(O)c1ccc2nc(Cl)c3cncn3c2c1. The van der Waals surface area contributed by atoms with Gasteiger partial charge in [0.1, 0.15) is 5.52 Å². The number of hydrogen-bond acceptors (Lipinski definition) is 3. The number of rotatable bonds is 1. The zero-order valence-corrected chi connectivity index (χ0v) is 9.22. The van der Waals surface area contributed by atoms with Gasteiger partial charge in [-0.25, -0.2) is 14.8 Å². The molecule has 2 aromatic heterocycles. The Kier molecular flexibility index (Phi) is 2.02. The first-order valence-electron chi connectivity index (χ1n) is 4.81. The van der Waals surface area contributed by atoms with E-state index in [9.17, 15) is 4.79 Å². The van der Waals surface area contributed by atoms with Crippen LogP contribution in [0.5, 0.6) is 0 Å². The van der Waals surface area contributed by atoms with Gasteiger partial charge in [0, 0.05) is 0 Å². The van der Waals surface area contributed by atoms with Crippen molar-refractivity contribution in [3.05, 3.63) is 41.4 Å². The molecule has 0 spiro atoms. The summed E-state index contributed by atoms with van der Waals surface area (Å²) in [5.74, 6) is -0.977. The second kappa shape index (κ2) is 3.43. The normalized spacial score (nSPS) is 11.1. The van der Waals surface area contributed by atoms with Crippen LogP contribution in [0.1, 0.15) is 10.4 Å². The lowest BCUT2D eigenvalue weighted by atomic mass is 10.2. The van der Waals surface area contributed by atoms with Crippen molar-refractivity contribution in [1.82, 2.24) is 14.4 Å². The Morgan fingerprint density at radius 3 is 2.94 bits per heavy atom. The van der Waals surface area contributed by atoms with Crippen molar-refractivity contribution in [3.8, 4) is 0 Å². The number of carboxylic acids is 1. The third kappa shape index (κ3) is 1.43. The fraction of sp³-hybridized carbons (Fsp3) is 0. The Labute approximate surface area is 100 Å². The summed E-state index contributed by atoms with van der Waals surface area (Å²) in [4.78, 5) is 19.1. The Balaban J connectivity index is 2.48. The van der Waals surface area contributed by atoms with E-state index in [1.165, 1.54) is 6.07 Å². The van der Waals surface area contributed by atoms with Crippen LogP contribution in [0, 0.1) is 0 Å². The van der Waals surface area contributed by atoms with Crippen LogP contribution in [-0.4, -0.2) is 25.4 Å². The zero-order valence-electron chi connectivity index (χ0n) is 8.46. The Hall–Kier alpha value is -2.14. The molecule has 17 heavy (non-hydrogen) atoms. The number of hydrogen-bond donors (Lipinski definition) is 1. The van der Waals surface area contributed by atoms with E-state index in [1.807, 2.05) is 0 Å². The molecule has 0 aliphatic rings. The van der Waals surface area contributed by atoms with E-state index >= 15 is 0 Å². The highest BCUT2D eigenvalue weighted by Gasteiger charge is 2.09. The van der Waals surface area contributed by atoms with Crippen molar-refractivity contribution in [2.45, 2.75) is 0 Å². The summed E-state index contributed by atoms with van der Waals surface area (Å²) in [7, 11) is 0. The molecule has 3 rings (SSSR count). The fourth-order valence-corrected chi connectivity index (χ4v) is 1.98. The van der Waals surface area contributed by atoms with Gasteiger partial charge >= 0.3 is 5.97 Å². The average Bonchev–Trinajstić information content (AvgIpc) is 2.78. The van der Waals surface area contributed by atoms with Gasteiger partial charge in [-0.3, -0.25) is 4.40 Å². The lowest BCUT2D eigenvalue weighted by molar-refractivity contribution is 0.0697. The van der Waals surface area contributed by atoms with E-state index < -0.39 is 5.97 Å². The van der Waals surface area contributed by atoms with Gasteiger partial charge in [0.05, 0.1) is 29.1 Å². The smallest absolute Gasteiger partial charge is 0.335 e. The first-order valence-corrected chi connectivity index (χ1v) is 5.19. The standard InChI is InChI=1S/C11H6ClN3O2/c12-10-9-4-13-5-15(9)8-3-6(11(16)17)1-2-7(8)14-10/h1-5H,(H,16,17). The summed E-state index contributed by atoms with van der Waals surface area (Å²) in [6.07, 6.45) is 3.17. The van der Waals surface area contributed by atoms with E-state index in [-0.39, 0.29) is 5.56 Å². The predicted molar refractivity (Wildman–Crippen MR) is 62.5 cm³/mol. The molecule has 0 saturated carbocycles. The molecule has 5 nitrogen and oxygen atoms in total. The number of nitrogens with zero attached hydrogens (tertiary/aromatic N) is 3. The first kappa shape index (κ1) is 10.0. The Bertz CT molecular complexity index is 751. The number of carbonyl (C=O) groups is 1. The molecule has 0 aliphatic carbocycles. The van der Waals surface area contributed by atoms with Gasteiger partial charge in [-0.2, -0.15) is 0 Å². The van der Waals surface area contributed by atoms with E-state index in [4.69, 9.17) is 16.7 Å². The molecule has 1 aromatic carbocycles. The minimum Gasteiger partial charge on any atom is -0.478 e. The summed E-state index contributed by atoms with van der Waals surface area (Å²) in [6.45, 7) is 0. The third-order valence-electron chi connectivity index (χ3n) is 2.55. The van der Waals surface area contributed by atoms with Crippen molar-refractivity contribution >= 4 is 34.1 Å². The molecule has 0 bridgehead atoms. The predicted octanol–water partition coefficient (Wildman–Crippen LogP) is 2.23. The second-order valence-corrected chi connectivity index (χ2v) is 3.92. The number of aromatic carboxylic acids is 1. The minimum absolute atomic E-state index is 0.205. The van der Waals surface area contributed by atoms with Gasteiger partial charge in [0.2, 0.25) is 0 Å². The summed E-state index contributed by atoms with van der Waals surface area (Å²) < 4.78 is 1.72. The van der Waals surface area contributed by atoms with Crippen LogP contribution in [0.3, 0.4) is 0 Å². The molecule has 0 saturated heterocycles. The van der Waals surface area contributed by atoms with Gasteiger partial charge in [-0.1, -0.05) is 11.6 Å². The van der Waals surface area contributed by atoms with E-state index in [0.29, 0.717) is 21.7 Å². The van der Waals surface area contributed by atoms with Crippen LogP contribution in [0.15, 0.2) is 30.7 Å². The maximum atomic E-state index is 10.9. The van der Waals surface area contributed by atoms with Crippen LogP contribution >= 0.6 is 11.6 Å². The number of carboxylic acid groups (broad SMARTS) is 1. The zero-order chi connectivity index (χ0) is 12.0. The lowest BCUT2D eigenvalue weighted by Gasteiger charge is -2.04. The third-order valence-corrected chi connectivity index (χ3v) is 2.83. The van der Waals surface area contributed by atoms with Gasteiger partial charge in [-0.05, 0) is 18.2 Å². The van der Waals surface area contributed by atoms with Gasteiger partial charge in [0.25, 0.3) is 0 Å². The highest BCUT2D eigenvalue weighted by Crippen LogP contribution is 2.22. The van der Waals surface area contributed by atoms with Gasteiger partial charge in [0.15, 0.2) is 5.15 Å². The van der Waals surface area contributed by atoms with Gasteiger partial charge in [-0.15, -0.1) is 0 Å². The van der Waals surface area contributed by atoms with E-state index in [2.05, 4.69) is 9.97 Å². The summed E-state index contributed by atoms with van der Waals surface area (Å²) in [5.41, 5.74) is 2.16. The molecular weight excluding hydrogens is 242 g/mol. The van der Waals surface area contributed by atoms with Crippen LogP contribution in [0.25, 0.3) is 16.6 Å². The second-order valence-electron chi connectivity index (χ2n) is 3.56. The maximum Gasteiger partial charge on any atom is 0.335 e. The van der Waals surface area contributed by atoms with Crippen LogP contribution in [0.4, 0.5) is 0 Å². The first-order chi connectivity index (χ1) is 8.16. The quantitative estimate of drug-likeness (QED) is 0.716. The summed E-state index contributed by atoms with van der Waals surface area (Å²) in [6, 6.07) is 4.68. The topological polar surface area (TPSA) is 67.5 Å². The van der Waals surface area contributed by atoms with Crippen LogP contribution in [0.2, 0.25) is 5.15 Å². The molecule has 0 atom stereocenters. The lowest BCUT2D eigenvalue weighted by Crippen LogP contribution is -1.98. The summed E-state index contributed by atoms with van der Waals surface area (Å²) in [5, 5.41) is 9.30. The number of benzene rings is 1. The largest absolute Gasteiger partial charge is 0.478 e. The van der Waals surface area contributed by atoms with Crippen molar-refractivity contribution in [2.75, 3.05) is 0 Å².